The van der Waals surface area contributed by atoms with Crippen molar-refractivity contribution in [3.8, 4) is 0 Å². The average molecular weight is 198 g/mol. The third-order valence-corrected chi connectivity index (χ3v) is 3.18. The molecule has 1 aliphatic rings. The van der Waals surface area contributed by atoms with Crippen molar-refractivity contribution in [2.45, 2.75) is 52.1 Å². The second-order valence-corrected chi connectivity index (χ2v) is 4.87. The van der Waals surface area contributed by atoms with Gasteiger partial charge in [0.15, 0.2) is 0 Å². The fourth-order valence-electron chi connectivity index (χ4n) is 2.04. The highest BCUT2D eigenvalue weighted by molar-refractivity contribution is 4.87. The average Bonchev–Trinajstić information content (AvgIpc) is 2.94. The summed E-state index contributed by atoms with van der Waals surface area (Å²) in [5, 5.41) is 3.43. The molecule has 0 bridgehead atoms. The normalized spacial score (nSPS) is 19.3. The largest absolute Gasteiger partial charge is 0.315 e. The molecule has 1 aliphatic carbocycles. The molecule has 0 saturated heterocycles. The van der Waals surface area contributed by atoms with E-state index in [1.165, 1.54) is 32.4 Å². The maximum Gasteiger partial charge on any atom is 0.0215 e. The second kappa shape index (κ2) is 5.72. The van der Waals surface area contributed by atoms with Gasteiger partial charge in [0.25, 0.3) is 0 Å². The number of hydrogen-bond donors (Lipinski definition) is 1. The minimum Gasteiger partial charge on any atom is -0.315 e. The first-order valence-corrected chi connectivity index (χ1v) is 6.10. The minimum atomic E-state index is 0.655. The lowest BCUT2D eigenvalue weighted by Crippen LogP contribution is -2.43. The highest BCUT2D eigenvalue weighted by Gasteiger charge is 2.30. The van der Waals surface area contributed by atoms with Crippen LogP contribution in [0.2, 0.25) is 0 Å². The van der Waals surface area contributed by atoms with Crippen LogP contribution >= 0.6 is 0 Å². The molecule has 0 amide bonds. The summed E-state index contributed by atoms with van der Waals surface area (Å²) in [5.74, 6) is 0.734. The van der Waals surface area contributed by atoms with Gasteiger partial charge in [0.05, 0.1) is 0 Å². The first-order chi connectivity index (χ1) is 6.69. The SMILES string of the molecule is CCCN(CC(NC)C(C)C)C1CC1. The summed E-state index contributed by atoms with van der Waals surface area (Å²) in [6.07, 6.45) is 4.13. The first-order valence-electron chi connectivity index (χ1n) is 6.10. The Balaban J connectivity index is 2.35. The summed E-state index contributed by atoms with van der Waals surface area (Å²) in [5.41, 5.74) is 0. The highest BCUT2D eigenvalue weighted by atomic mass is 15.2. The lowest BCUT2D eigenvalue weighted by atomic mass is 10.0. The molecule has 1 saturated carbocycles. The Morgan fingerprint density at radius 1 is 1.36 bits per heavy atom. The molecule has 1 rings (SSSR count). The van der Waals surface area contributed by atoms with Gasteiger partial charge in [0.1, 0.15) is 0 Å². The number of rotatable bonds is 7. The van der Waals surface area contributed by atoms with Crippen LogP contribution in [0.3, 0.4) is 0 Å². The summed E-state index contributed by atoms with van der Waals surface area (Å²) in [6.45, 7) is 9.39. The molecule has 0 aliphatic heterocycles. The number of hydrogen-bond acceptors (Lipinski definition) is 2. The topological polar surface area (TPSA) is 15.3 Å². The van der Waals surface area contributed by atoms with Gasteiger partial charge in [-0.1, -0.05) is 20.8 Å². The van der Waals surface area contributed by atoms with Crippen molar-refractivity contribution >= 4 is 0 Å². The Hall–Kier alpha value is -0.0800. The molecule has 1 unspecified atom stereocenters. The molecule has 0 aromatic heterocycles. The van der Waals surface area contributed by atoms with Crippen LogP contribution in [0.4, 0.5) is 0 Å². The van der Waals surface area contributed by atoms with E-state index in [0.29, 0.717) is 6.04 Å². The fraction of sp³-hybridized carbons (Fsp3) is 1.00. The molecule has 0 heterocycles. The molecule has 2 nitrogen and oxygen atoms in total. The third-order valence-electron chi connectivity index (χ3n) is 3.18. The highest BCUT2D eigenvalue weighted by Crippen LogP contribution is 2.27. The van der Waals surface area contributed by atoms with Gasteiger partial charge in [-0.3, -0.25) is 4.90 Å². The van der Waals surface area contributed by atoms with E-state index in [9.17, 15) is 0 Å². The van der Waals surface area contributed by atoms with Crippen molar-refractivity contribution in [1.29, 1.82) is 0 Å². The van der Waals surface area contributed by atoms with E-state index in [0.717, 1.165) is 12.0 Å². The van der Waals surface area contributed by atoms with Gasteiger partial charge in [-0.05, 0) is 38.8 Å². The van der Waals surface area contributed by atoms with Crippen LogP contribution in [0.25, 0.3) is 0 Å². The van der Waals surface area contributed by atoms with Crippen LogP contribution in [-0.2, 0) is 0 Å². The Labute approximate surface area is 89.1 Å². The van der Waals surface area contributed by atoms with Crippen molar-refractivity contribution in [3.05, 3.63) is 0 Å². The zero-order valence-electron chi connectivity index (χ0n) is 10.2. The standard InChI is InChI=1S/C12H26N2/c1-5-8-14(11-6-7-11)9-12(13-4)10(2)3/h10-13H,5-9H2,1-4H3. The predicted molar refractivity (Wildman–Crippen MR) is 62.6 cm³/mol. The van der Waals surface area contributed by atoms with Crippen LogP contribution in [-0.4, -0.2) is 37.1 Å². The lowest BCUT2D eigenvalue weighted by Gasteiger charge is -2.29. The van der Waals surface area contributed by atoms with E-state index < -0.39 is 0 Å². The molecule has 1 fully saturated rings. The van der Waals surface area contributed by atoms with Crippen molar-refractivity contribution in [2.24, 2.45) is 5.92 Å². The maximum atomic E-state index is 3.43. The lowest BCUT2D eigenvalue weighted by molar-refractivity contribution is 0.214. The van der Waals surface area contributed by atoms with Gasteiger partial charge in [0.2, 0.25) is 0 Å². The van der Waals surface area contributed by atoms with Crippen LogP contribution in [0.1, 0.15) is 40.0 Å². The second-order valence-electron chi connectivity index (χ2n) is 4.87. The van der Waals surface area contributed by atoms with E-state index in [1.807, 2.05) is 0 Å². The molecular formula is C12H26N2. The molecular weight excluding hydrogens is 172 g/mol. The van der Waals surface area contributed by atoms with Crippen LogP contribution in [0.5, 0.6) is 0 Å². The first kappa shape index (κ1) is 12.0. The summed E-state index contributed by atoms with van der Waals surface area (Å²) >= 11 is 0. The van der Waals surface area contributed by atoms with Gasteiger partial charge >= 0.3 is 0 Å². The molecule has 2 heteroatoms. The van der Waals surface area contributed by atoms with Gasteiger partial charge in [0, 0.05) is 18.6 Å². The summed E-state index contributed by atoms with van der Waals surface area (Å²) < 4.78 is 0. The minimum absolute atomic E-state index is 0.655. The summed E-state index contributed by atoms with van der Waals surface area (Å²) in [4.78, 5) is 2.67. The molecule has 14 heavy (non-hydrogen) atoms. The zero-order chi connectivity index (χ0) is 10.6. The Kier molecular flexibility index (Phi) is 4.90. The van der Waals surface area contributed by atoms with E-state index in [1.54, 1.807) is 0 Å². The molecule has 84 valence electrons. The monoisotopic (exact) mass is 198 g/mol. The van der Waals surface area contributed by atoms with Crippen LogP contribution < -0.4 is 5.32 Å². The Morgan fingerprint density at radius 2 is 2.00 bits per heavy atom. The van der Waals surface area contributed by atoms with E-state index in [-0.39, 0.29) is 0 Å². The Morgan fingerprint density at radius 3 is 2.36 bits per heavy atom. The molecule has 0 radical (unpaired) electrons. The number of likely N-dealkylation sites (N-methyl/N-ethyl adjacent to an activating group) is 1. The van der Waals surface area contributed by atoms with E-state index in [4.69, 9.17) is 0 Å². The van der Waals surface area contributed by atoms with Crippen molar-refractivity contribution in [3.63, 3.8) is 0 Å². The molecule has 0 aromatic rings. The maximum absolute atomic E-state index is 3.43. The van der Waals surface area contributed by atoms with Gasteiger partial charge in [-0.2, -0.15) is 0 Å². The molecule has 0 spiro atoms. The quantitative estimate of drug-likeness (QED) is 0.674. The third kappa shape index (κ3) is 3.58. The summed E-state index contributed by atoms with van der Waals surface area (Å²) in [7, 11) is 2.09. The molecule has 1 atom stereocenters. The van der Waals surface area contributed by atoms with Gasteiger partial charge < -0.3 is 5.32 Å². The van der Waals surface area contributed by atoms with Crippen LogP contribution in [0.15, 0.2) is 0 Å². The van der Waals surface area contributed by atoms with Gasteiger partial charge in [-0.15, -0.1) is 0 Å². The van der Waals surface area contributed by atoms with Crippen molar-refractivity contribution in [1.82, 2.24) is 10.2 Å². The zero-order valence-corrected chi connectivity index (χ0v) is 10.2. The Bertz CT molecular complexity index is 152. The van der Waals surface area contributed by atoms with Crippen molar-refractivity contribution in [2.75, 3.05) is 20.1 Å². The van der Waals surface area contributed by atoms with Crippen molar-refractivity contribution < 1.29 is 0 Å². The fourth-order valence-corrected chi connectivity index (χ4v) is 2.04. The van der Waals surface area contributed by atoms with Crippen LogP contribution in [0, 0.1) is 5.92 Å². The number of nitrogens with one attached hydrogen (secondary N) is 1. The smallest absolute Gasteiger partial charge is 0.0215 e. The molecule has 1 N–H and O–H groups in total. The molecule has 0 aromatic carbocycles. The van der Waals surface area contributed by atoms with E-state index >= 15 is 0 Å². The number of nitrogens with zero attached hydrogens (tertiary/aromatic N) is 1. The summed E-state index contributed by atoms with van der Waals surface area (Å²) in [6, 6.07) is 1.56. The predicted octanol–water partition coefficient (Wildman–Crippen LogP) is 2.10. The van der Waals surface area contributed by atoms with Gasteiger partial charge in [-0.25, -0.2) is 0 Å². The van der Waals surface area contributed by atoms with E-state index in [2.05, 4.69) is 38.0 Å².